The van der Waals surface area contributed by atoms with E-state index in [1.807, 2.05) is 0 Å². The number of carbonyl (C=O) groups is 1. The molecule has 0 bridgehead atoms. The third-order valence-electron chi connectivity index (χ3n) is 2.44. The summed E-state index contributed by atoms with van der Waals surface area (Å²) >= 11 is 0. The van der Waals surface area contributed by atoms with Crippen LogP contribution in [-0.2, 0) is 9.53 Å². The van der Waals surface area contributed by atoms with Crippen molar-refractivity contribution < 1.29 is 9.53 Å². The predicted octanol–water partition coefficient (Wildman–Crippen LogP) is 1.60. The first-order valence-electron chi connectivity index (χ1n) is 5.22. The van der Waals surface area contributed by atoms with Gasteiger partial charge in [-0.15, -0.1) is 0 Å². The Balaban J connectivity index is 2.11. The fourth-order valence-corrected chi connectivity index (χ4v) is 1.67. The summed E-state index contributed by atoms with van der Waals surface area (Å²) in [5.41, 5.74) is 5.30. The van der Waals surface area contributed by atoms with Crippen LogP contribution in [0.2, 0.25) is 0 Å². The van der Waals surface area contributed by atoms with Crippen molar-refractivity contribution >= 4 is 5.97 Å². The number of hydrogen-bond donors (Lipinski definition) is 1. The van der Waals surface area contributed by atoms with Gasteiger partial charge in [-0.3, -0.25) is 4.79 Å². The third-order valence-corrected chi connectivity index (χ3v) is 2.44. The lowest BCUT2D eigenvalue weighted by Crippen LogP contribution is -2.21. The van der Waals surface area contributed by atoms with Crippen LogP contribution < -0.4 is 5.73 Å². The number of esters is 1. The van der Waals surface area contributed by atoms with E-state index in [-0.39, 0.29) is 12.1 Å². The second-order valence-corrected chi connectivity index (χ2v) is 3.64. The molecule has 3 heteroatoms. The molecule has 1 aliphatic carbocycles. The molecule has 1 aliphatic rings. The molecule has 0 aromatic heterocycles. The highest BCUT2D eigenvalue weighted by molar-refractivity contribution is 5.69. The van der Waals surface area contributed by atoms with Crippen molar-refractivity contribution in [1.29, 1.82) is 0 Å². The molecule has 0 unspecified atom stereocenters. The van der Waals surface area contributed by atoms with E-state index in [0.717, 1.165) is 19.3 Å². The van der Waals surface area contributed by atoms with Gasteiger partial charge in [0.05, 0.1) is 0 Å². The minimum Gasteiger partial charge on any atom is -0.462 e. The largest absolute Gasteiger partial charge is 0.462 e. The Morgan fingerprint density at radius 1 is 1.31 bits per heavy atom. The standard InChI is InChI=1S/C10H19NO2/c11-8-4-7-10(12)13-9-5-2-1-3-6-9/h9H,1-8,11H2. The van der Waals surface area contributed by atoms with Crippen LogP contribution in [0.25, 0.3) is 0 Å². The van der Waals surface area contributed by atoms with Gasteiger partial charge < -0.3 is 10.5 Å². The fraction of sp³-hybridized carbons (Fsp3) is 0.900. The summed E-state index contributed by atoms with van der Waals surface area (Å²) in [6.45, 7) is 0.569. The Kier molecular flexibility index (Phi) is 4.83. The summed E-state index contributed by atoms with van der Waals surface area (Å²) in [7, 11) is 0. The van der Waals surface area contributed by atoms with E-state index >= 15 is 0 Å². The zero-order chi connectivity index (χ0) is 9.52. The van der Waals surface area contributed by atoms with E-state index in [1.165, 1.54) is 19.3 Å². The highest BCUT2D eigenvalue weighted by atomic mass is 16.5. The lowest BCUT2D eigenvalue weighted by molar-refractivity contribution is -0.150. The minimum absolute atomic E-state index is 0.0719. The molecular formula is C10H19NO2. The summed E-state index contributed by atoms with van der Waals surface area (Å²) in [6.07, 6.45) is 7.21. The van der Waals surface area contributed by atoms with Crippen molar-refractivity contribution in [3.63, 3.8) is 0 Å². The maximum Gasteiger partial charge on any atom is 0.306 e. The Hall–Kier alpha value is -0.570. The Morgan fingerprint density at radius 2 is 2.00 bits per heavy atom. The summed E-state index contributed by atoms with van der Waals surface area (Å²) in [5, 5.41) is 0. The number of carbonyl (C=O) groups excluding carboxylic acids is 1. The predicted molar refractivity (Wildman–Crippen MR) is 51.3 cm³/mol. The van der Waals surface area contributed by atoms with Gasteiger partial charge in [0.1, 0.15) is 6.10 Å². The third kappa shape index (κ3) is 4.27. The van der Waals surface area contributed by atoms with Gasteiger partial charge in [0.15, 0.2) is 0 Å². The Bertz CT molecular complexity index is 153. The average molecular weight is 185 g/mol. The monoisotopic (exact) mass is 185 g/mol. The molecular weight excluding hydrogens is 166 g/mol. The quantitative estimate of drug-likeness (QED) is 0.677. The van der Waals surface area contributed by atoms with Crippen LogP contribution in [0.4, 0.5) is 0 Å². The highest BCUT2D eigenvalue weighted by Crippen LogP contribution is 2.20. The maximum atomic E-state index is 11.2. The first kappa shape index (κ1) is 10.5. The van der Waals surface area contributed by atoms with E-state index in [0.29, 0.717) is 13.0 Å². The van der Waals surface area contributed by atoms with Crippen LogP contribution >= 0.6 is 0 Å². The van der Waals surface area contributed by atoms with Crippen molar-refractivity contribution in [1.82, 2.24) is 0 Å². The lowest BCUT2D eigenvalue weighted by Gasteiger charge is -2.21. The van der Waals surface area contributed by atoms with Crippen molar-refractivity contribution in [2.24, 2.45) is 5.73 Å². The number of hydrogen-bond acceptors (Lipinski definition) is 3. The van der Waals surface area contributed by atoms with Crippen LogP contribution in [0.5, 0.6) is 0 Å². The molecule has 1 fully saturated rings. The SMILES string of the molecule is NCCCC(=O)OC1CCCCC1. The number of rotatable bonds is 4. The van der Waals surface area contributed by atoms with Gasteiger partial charge in [0.2, 0.25) is 0 Å². The molecule has 76 valence electrons. The van der Waals surface area contributed by atoms with Gasteiger partial charge in [0, 0.05) is 6.42 Å². The topological polar surface area (TPSA) is 52.3 Å². The first-order chi connectivity index (χ1) is 6.33. The zero-order valence-corrected chi connectivity index (χ0v) is 8.13. The number of nitrogens with two attached hydrogens (primary N) is 1. The molecule has 0 aromatic rings. The van der Waals surface area contributed by atoms with E-state index < -0.39 is 0 Å². The van der Waals surface area contributed by atoms with Crippen LogP contribution in [0.3, 0.4) is 0 Å². The smallest absolute Gasteiger partial charge is 0.306 e. The van der Waals surface area contributed by atoms with E-state index in [1.54, 1.807) is 0 Å². The molecule has 0 amide bonds. The van der Waals surface area contributed by atoms with E-state index in [4.69, 9.17) is 10.5 Å². The van der Waals surface area contributed by atoms with Crippen molar-refractivity contribution in [2.45, 2.75) is 51.0 Å². The minimum atomic E-state index is -0.0719. The van der Waals surface area contributed by atoms with Crippen molar-refractivity contribution in [3.05, 3.63) is 0 Å². The van der Waals surface area contributed by atoms with Gasteiger partial charge in [-0.25, -0.2) is 0 Å². The van der Waals surface area contributed by atoms with Gasteiger partial charge in [-0.05, 0) is 38.6 Å². The van der Waals surface area contributed by atoms with Crippen LogP contribution in [0, 0.1) is 0 Å². The molecule has 1 rings (SSSR count). The van der Waals surface area contributed by atoms with Crippen LogP contribution in [0.1, 0.15) is 44.9 Å². The lowest BCUT2D eigenvalue weighted by atomic mass is 9.98. The fourth-order valence-electron chi connectivity index (χ4n) is 1.67. The molecule has 0 saturated heterocycles. The molecule has 13 heavy (non-hydrogen) atoms. The van der Waals surface area contributed by atoms with Crippen LogP contribution in [0.15, 0.2) is 0 Å². The molecule has 0 heterocycles. The Morgan fingerprint density at radius 3 is 2.62 bits per heavy atom. The molecule has 2 N–H and O–H groups in total. The summed E-state index contributed by atoms with van der Waals surface area (Å²) in [5.74, 6) is -0.0719. The molecule has 1 saturated carbocycles. The maximum absolute atomic E-state index is 11.2. The van der Waals surface area contributed by atoms with Gasteiger partial charge in [-0.1, -0.05) is 6.42 Å². The van der Waals surface area contributed by atoms with Crippen molar-refractivity contribution in [2.75, 3.05) is 6.54 Å². The summed E-state index contributed by atoms with van der Waals surface area (Å²) < 4.78 is 5.30. The summed E-state index contributed by atoms with van der Waals surface area (Å²) in [6, 6.07) is 0. The van der Waals surface area contributed by atoms with Crippen LogP contribution in [-0.4, -0.2) is 18.6 Å². The first-order valence-corrected chi connectivity index (χ1v) is 5.22. The summed E-state index contributed by atoms with van der Waals surface area (Å²) in [4.78, 5) is 11.2. The van der Waals surface area contributed by atoms with Gasteiger partial charge in [0.25, 0.3) is 0 Å². The highest BCUT2D eigenvalue weighted by Gasteiger charge is 2.16. The van der Waals surface area contributed by atoms with E-state index in [9.17, 15) is 4.79 Å². The second kappa shape index (κ2) is 5.97. The molecule has 0 radical (unpaired) electrons. The van der Waals surface area contributed by atoms with Gasteiger partial charge >= 0.3 is 5.97 Å². The Labute approximate surface area is 79.6 Å². The van der Waals surface area contributed by atoms with Crippen molar-refractivity contribution in [3.8, 4) is 0 Å². The van der Waals surface area contributed by atoms with Gasteiger partial charge in [-0.2, -0.15) is 0 Å². The average Bonchev–Trinajstić information content (AvgIpc) is 2.16. The second-order valence-electron chi connectivity index (χ2n) is 3.64. The van der Waals surface area contributed by atoms with E-state index in [2.05, 4.69) is 0 Å². The molecule has 0 aromatic carbocycles. The molecule has 0 spiro atoms. The number of ether oxygens (including phenoxy) is 1. The zero-order valence-electron chi connectivity index (χ0n) is 8.13. The normalized spacial score (nSPS) is 18.5. The molecule has 0 aliphatic heterocycles. The molecule has 3 nitrogen and oxygen atoms in total. The molecule has 0 atom stereocenters.